The molecule has 1 atom stereocenters. The monoisotopic (exact) mass is 410 g/mol. The molecule has 0 bridgehead atoms. The number of fused-ring (bicyclic) bond motifs is 3. The molecule has 1 aliphatic carbocycles. The van der Waals surface area contributed by atoms with E-state index in [1.165, 1.54) is 22.7 Å². The topological polar surface area (TPSA) is 93.1 Å². The molecule has 7 nitrogen and oxygen atoms in total. The summed E-state index contributed by atoms with van der Waals surface area (Å²) in [5.41, 5.74) is 2.20. The van der Waals surface area contributed by atoms with E-state index < -0.39 is 0 Å². The summed E-state index contributed by atoms with van der Waals surface area (Å²) in [5.74, 6) is 0.160. The van der Waals surface area contributed by atoms with Gasteiger partial charge in [-0.05, 0) is 55.0 Å². The van der Waals surface area contributed by atoms with E-state index >= 15 is 0 Å². The van der Waals surface area contributed by atoms with Crippen LogP contribution in [0.1, 0.15) is 30.7 Å². The van der Waals surface area contributed by atoms with Gasteiger partial charge in [-0.15, -0.1) is 11.3 Å². The average Bonchev–Trinajstić information content (AvgIpc) is 3.03. The number of carbonyl (C=O) groups excluding carboxylic acids is 2. The SMILES string of the molecule is CC(=O)Nc1ccc(NC(=O)Cn2cnc3sc4c(c3c2=O)CC[C@H](C)C4)cc1. The molecular formula is C21H22N4O3S. The molecule has 150 valence electrons. The van der Waals surface area contributed by atoms with Crippen LogP contribution in [0.15, 0.2) is 35.4 Å². The van der Waals surface area contributed by atoms with E-state index in [4.69, 9.17) is 0 Å². The number of anilines is 2. The lowest BCUT2D eigenvalue weighted by atomic mass is 9.89. The van der Waals surface area contributed by atoms with Crippen molar-refractivity contribution in [2.75, 3.05) is 10.6 Å². The van der Waals surface area contributed by atoms with E-state index in [-0.39, 0.29) is 23.9 Å². The van der Waals surface area contributed by atoms with Crippen molar-refractivity contribution in [1.82, 2.24) is 9.55 Å². The first-order valence-corrected chi connectivity index (χ1v) is 10.4. The van der Waals surface area contributed by atoms with Gasteiger partial charge in [0, 0.05) is 23.2 Å². The molecule has 2 amide bonds. The number of carbonyl (C=O) groups is 2. The van der Waals surface area contributed by atoms with Crippen LogP contribution in [0.25, 0.3) is 10.2 Å². The fraction of sp³-hybridized carbons (Fsp3) is 0.333. The summed E-state index contributed by atoms with van der Waals surface area (Å²) in [6.45, 7) is 3.56. The Bertz CT molecular complexity index is 1150. The normalized spacial score (nSPS) is 15.7. The van der Waals surface area contributed by atoms with Crippen LogP contribution < -0.4 is 16.2 Å². The van der Waals surface area contributed by atoms with Crippen molar-refractivity contribution in [2.24, 2.45) is 5.92 Å². The Labute approximate surface area is 171 Å². The quantitative estimate of drug-likeness (QED) is 0.691. The van der Waals surface area contributed by atoms with Gasteiger partial charge < -0.3 is 10.6 Å². The number of rotatable bonds is 4. The molecule has 0 radical (unpaired) electrons. The maximum Gasteiger partial charge on any atom is 0.262 e. The number of aryl methyl sites for hydroxylation is 1. The van der Waals surface area contributed by atoms with Gasteiger partial charge in [0.05, 0.1) is 11.7 Å². The van der Waals surface area contributed by atoms with Crippen molar-refractivity contribution in [2.45, 2.75) is 39.7 Å². The number of nitrogens with zero attached hydrogens (tertiary/aromatic N) is 2. The average molecular weight is 410 g/mol. The van der Waals surface area contributed by atoms with Crippen LogP contribution in [0.2, 0.25) is 0 Å². The van der Waals surface area contributed by atoms with Crippen molar-refractivity contribution in [3.63, 3.8) is 0 Å². The van der Waals surface area contributed by atoms with Crippen LogP contribution >= 0.6 is 11.3 Å². The van der Waals surface area contributed by atoms with Crippen LogP contribution in [0.3, 0.4) is 0 Å². The molecule has 2 aromatic heterocycles. The lowest BCUT2D eigenvalue weighted by Gasteiger charge is -2.17. The Morgan fingerprint density at radius 1 is 1.21 bits per heavy atom. The molecule has 1 aromatic carbocycles. The molecule has 1 aliphatic rings. The van der Waals surface area contributed by atoms with Gasteiger partial charge in [0.25, 0.3) is 5.56 Å². The van der Waals surface area contributed by atoms with Crippen LogP contribution in [-0.2, 0) is 29.0 Å². The van der Waals surface area contributed by atoms with Crippen molar-refractivity contribution < 1.29 is 9.59 Å². The van der Waals surface area contributed by atoms with Crippen molar-refractivity contribution in [3.05, 3.63) is 51.4 Å². The first-order valence-electron chi connectivity index (χ1n) is 9.58. The van der Waals surface area contributed by atoms with Crippen LogP contribution in [0.5, 0.6) is 0 Å². The Balaban J connectivity index is 1.52. The predicted octanol–water partition coefficient (Wildman–Crippen LogP) is 3.18. The van der Waals surface area contributed by atoms with E-state index in [0.717, 1.165) is 29.7 Å². The zero-order valence-electron chi connectivity index (χ0n) is 16.3. The van der Waals surface area contributed by atoms with Crippen LogP contribution in [0.4, 0.5) is 11.4 Å². The van der Waals surface area contributed by atoms with Crippen molar-refractivity contribution in [1.29, 1.82) is 0 Å². The maximum atomic E-state index is 13.0. The number of benzene rings is 1. The van der Waals surface area contributed by atoms with Gasteiger partial charge in [-0.2, -0.15) is 0 Å². The fourth-order valence-electron chi connectivity index (χ4n) is 3.67. The summed E-state index contributed by atoms with van der Waals surface area (Å²) in [5, 5.41) is 6.11. The van der Waals surface area contributed by atoms with Crippen molar-refractivity contribution in [3.8, 4) is 0 Å². The molecule has 0 saturated carbocycles. The second-order valence-corrected chi connectivity index (χ2v) is 8.60. The fourth-order valence-corrected chi connectivity index (χ4v) is 5.02. The van der Waals surface area contributed by atoms with Gasteiger partial charge in [0.2, 0.25) is 11.8 Å². The zero-order chi connectivity index (χ0) is 20.5. The van der Waals surface area contributed by atoms with Gasteiger partial charge in [0.15, 0.2) is 0 Å². The van der Waals surface area contributed by atoms with Crippen molar-refractivity contribution >= 4 is 44.7 Å². The summed E-state index contributed by atoms with van der Waals surface area (Å²) < 4.78 is 1.37. The lowest BCUT2D eigenvalue weighted by Crippen LogP contribution is -2.28. The third-order valence-corrected chi connectivity index (χ3v) is 6.25. The Morgan fingerprint density at radius 3 is 2.59 bits per heavy atom. The summed E-state index contributed by atoms with van der Waals surface area (Å²) in [7, 11) is 0. The predicted molar refractivity (Wildman–Crippen MR) is 114 cm³/mol. The minimum atomic E-state index is -0.307. The summed E-state index contributed by atoms with van der Waals surface area (Å²) in [4.78, 5) is 42.9. The van der Waals surface area contributed by atoms with E-state index in [9.17, 15) is 14.4 Å². The first kappa shape index (κ1) is 19.3. The zero-order valence-corrected chi connectivity index (χ0v) is 17.1. The molecule has 3 aromatic rings. The van der Waals surface area contributed by atoms with E-state index in [1.807, 2.05) is 0 Å². The highest BCUT2D eigenvalue weighted by Crippen LogP contribution is 2.35. The number of hydrogen-bond donors (Lipinski definition) is 2. The molecule has 8 heteroatoms. The highest BCUT2D eigenvalue weighted by molar-refractivity contribution is 7.18. The number of aromatic nitrogens is 2. The smallest absolute Gasteiger partial charge is 0.262 e. The van der Waals surface area contributed by atoms with Gasteiger partial charge in [-0.1, -0.05) is 6.92 Å². The number of hydrogen-bond acceptors (Lipinski definition) is 5. The van der Waals surface area contributed by atoms with Crippen LogP contribution in [-0.4, -0.2) is 21.4 Å². The van der Waals surface area contributed by atoms with E-state index in [2.05, 4.69) is 22.5 Å². The standard InChI is InChI=1S/C21H22N4O3S/c1-12-3-8-16-17(9-12)29-20-19(16)21(28)25(11-22-20)10-18(27)24-15-6-4-14(5-7-15)23-13(2)26/h4-7,11-12H,3,8-10H2,1-2H3,(H,23,26)(H,24,27)/t12-/m0/s1. The largest absolute Gasteiger partial charge is 0.326 e. The molecule has 2 N–H and O–H groups in total. The third kappa shape index (κ3) is 4.07. The van der Waals surface area contributed by atoms with E-state index in [1.54, 1.807) is 35.6 Å². The summed E-state index contributed by atoms with van der Waals surface area (Å²) in [6, 6.07) is 6.80. The summed E-state index contributed by atoms with van der Waals surface area (Å²) in [6.07, 6.45) is 4.41. The molecule has 29 heavy (non-hydrogen) atoms. The number of amides is 2. The van der Waals surface area contributed by atoms with E-state index in [0.29, 0.717) is 22.7 Å². The lowest BCUT2D eigenvalue weighted by molar-refractivity contribution is -0.117. The Morgan fingerprint density at radius 2 is 1.90 bits per heavy atom. The Hall–Kier alpha value is -3.00. The highest BCUT2D eigenvalue weighted by Gasteiger charge is 2.23. The Kier molecular flexibility index (Phi) is 5.19. The van der Waals surface area contributed by atoms with Gasteiger partial charge >= 0.3 is 0 Å². The molecule has 2 heterocycles. The van der Waals surface area contributed by atoms with Crippen LogP contribution in [0, 0.1) is 5.92 Å². The highest BCUT2D eigenvalue weighted by atomic mass is 32.1. The van der Waals surface area contributed by atoms with Gasteiger partial charge in [-0.3, -0.25) is 19.0 Å². The molecule has 0 saturated heterocycles. The molecule has 4 rings (SSSR count). The molecule has 0 aliphatic heterocycles. The number of thiophene rings is 1. The second kappa shape index (κ2) is 7.79. The molecule has 0 fully saturated rings. The molecular weight excluding hydrogens is 388 g/mol. The van der Waals surface area contributed by atoms with Gasteiger partial charge in [-0.25, -0.2) is 4.98 Å². The van der Waals surface area contributed by atoms with Gasteiger partial charge in [0.1, 0.15) is 11.4 Å². The maximum absolute atomic E-state index is 13.0. The second-order valence-electron chi connectivity index (χ2n) is 7.52. The first-order chi connectivity index (χ1) is 13.9. The molecule has 0 spiro atoms. The summed E-state index contributed by atoms with van der Waals surface area (Å²) >= 11 is 1.60. The minimum Gasteiger partial charge on any atom is -0.326 e. The number of nitrogens with one attached hydrogen (secondary N) is 2. The third-order valence-electron chi connectivity index (χ3n) is 5.09. The molecule has 0 unspecified atom stereocenters. The minimum absolute atomic E-state index is 0.101.